The van der Waals surface area contributed by atoms with Crippen LogP contribution in [0.25, 0.3) is 0 Å². The highest BCUT2D eigenvalue weighted by atomic mass is 14.4. The van der Waals surface area contributed by atoms with E-state index in [2.05, 4.69) is 32.6 Å². The standard InChI is InChI=1S/C28H48/c1-4-6-8-24-11-17-27(18-12-24)28-19-13-25(14-20-28)21-22(3)26-15-9-23(7-5-2)10-16-26/h4,21,23-28H,1,5-20H2,2-3H3. The summed E-state index contributed by atoms with van der Waals surface area (Å²) in [4.78, 5) is 0. The molecule has 0 saturated heterocycles. The molecule has 0 heterocycles. The Morgan fingerprint density at radius 2 is 1.29 bits per heavy atom. The average Bonchev–Trinajstić information content (AvgIpc) is 2.74. The lowest BCUT2D eigenvalue weighted by Gasteiger charge is -2.38. The van der Waals surface area contributed by atoms with Crippen molar-refractivity contribution >= 4 is 0 Å². The third-order valence-electron chi connectivity index (χ3n) is 8.84. The lowest BCUT2D eigenvalue weighted by atomic mass is 9.68. The Balaban J connectivity index is 1.37. The third-order valence-corrected chi connectivity index (χ3v) is 8.84. The summed E-state index contributed by atoms with van der Waals surface area (Å²) in [6.07, 6.45) is 28.3. The third kappa shape index (κ3) is 6.50. The zero-order chi connectivity index (χ0) is 19.8. The molecule has 160 valence electrons. The summed E-state index contributed by atoms with van der Waals surface area (Å²) in [6, 6.07) is 0. The molecule has 0 unspecified atom stereocenters. The summed E-state index contributed by atoms with van der Waals surface area (Å²) in [5.74, 6) is 5.96. The summed E-state index contributed by atoms with van der Waals surface area (Å²) < 4.78 is 0. The quantitative estimate of drug-likeness (QED) is 0.366. The van der Waals surface area contributed by atoms with E-state index in [0.29, 0.717) is 0 Å². The minimum absolute atomic E-state index is 0.897. The van der Waals surface area contributed by atoms with Crippen molar-refractivity contribution < 1.29 is 0 Å². The molecule has 0 spiro atoms. The van der Waals surface area contributed by atoms with Crippen molar-refractivity contribution in [2.75, 3.05) is 0 Å². The second kappa shape index (κ2) is 11.6. The van der Waals surface area contributed by atoms with E-state index in [1.54, 1.807) is 5.57 Å². The van der Waals surface area contributed by atoms with Gasteiger partial charge in [0, 0.05) is 0 Å². The topological polar surface area (TPSA) is 0 Å². The predicted molar refractivity (Wildman–Crippen MR) is 124 cm³/mol. The first-order chi connectivity index (χ1) is 13.7. The maximum atomic E-state index is 3.90. The summed E-state index contributed by atoms with van der Waals surface area (Å²) in [7, 11) is 0. The molecule has 3 fully saturated rings. The first-order valence-electron chi connectivity index (χ1n) is 13.0. The van der Waals surface area contributed by atoms with Gasteiger partial charge >= 0.3 is 0 Å². The highest BCUT2D eigenvalue weighted by Gasteiger charge is 2.30. The summed E-state index contributed by atoms with van der Waals surface area (Å²) in [5, 5.41) is 0. The first-order valence-corrected chi connectivity index (χ1v) is 13.0. The molecule has 0 bridgehead atoms. The van der Waals surface area contributed by atoms with E-state index in [1.807, 2.05) is 0 Å². The average molecular weight is 385 g/mol. The number of hydrogen-bond donors (Lipinski definition) is 0. The van der Waals surface area contributed by atoms with Crippen LogP contribution in [0.4, 0.5) is 0 Å². The van der Waals surface area contributed by atoms with Crippen LogP contribution in [0.5, 0.6) is 0 Å². The second-order valence-corrected chi connectivity index (χ2v) is 10.7. The minimum Gasteiger partial charge on any atom is -0.103 e. The van der Waals surface area contributed by atoms with E-state index in [-0.39, 0.29) is 0 Å². The minimum atomic E-state index is 0.897. The summed E-state index contributed by atoms with van der Waals surface area (Å²) in [5.41, 5.74) is 1.75. The van der Waals surface area contributed by atoms with Crippen molar-refractivity contribution in [3.63, 3.8) is 0 Å². The smallest absolute Gasteiger partial charge is 0.0206 e. The van der Waals surface area contributed by atoms with E-state index in [4.69, 9.17) is 0 Å². The Morgan fingerprint density at radius 3 is 1.86 bits per heavy atom. The monoisotopic (exact) mass is 384 g/mol. The van der Waals surface area contributed by atoms with Crippen LogP contribution in [0.1, 0.15) is 117 Å². The van der Waals surface area contributed by atoms with Crippen molar-refractivity contribution in [2.24, 2.45) is 35.5 Å². The highest BCUT2D eigenvalue weighted by molar-refractivity contribution is 5.08. The Hall–Kier alpha value is -0.520. The SMILES string of the molecule is C=CCCC1CCC(C2CCC(C=C(C)C3CCC(CCC)CC3)CC2)CC1. The van der Waals surface area contributed by atoms with E-state index in [1.165, 1.54) is 103 Å². The van der Waals surface area contributed by atoms with Crippen LogP contribution >= 0.6 is 0 Å². The van der Waals surface area contributed by atoms with Crippen molar-refractivity contribution in [3.8, 4) is 0 Å². The fourth-order valence-corrected chi connectivity index (χ4v) is 6.91. The van der Waals surface area contributed by atoms with Gasteiger partial charge in [-0.25, -0.2) is 0 Å². The molecule has 3 aliphatic rings. The van der Waals surface area contributed by atoms with Crippen LogP contribution in [0.3, 0.4) is 0 Å². The molecule has 0 aliphatic heterocycles. The van der Waals surface area contributed by atoms with Gasteiger partial charge in [0.15, 0.2) is 0 Å². The Bertz CT molecular complexity index is 462. The van der Waals surface area contributed by atoms with E-state index in [0.717, 1.165) is 35.5 Å². The van der Waals surface area contributed by atoms with Crippen LogP contribution in [0.2, 0.25) is 0 Å². The van der Waals surface area contributed by atoms with Crippen LogP contribution < -0.4 is 0 Å². The molecule has 0 N–H and O–H groups in total. The molecule has 28 heavy (non-hydrogen) atoms. The zero-order valence-electron chi connectivity index (χ0n) is 19.1. The van der Waals surface area contributed by atoms with Crippen LogP contribution in [-0.2, 0) is 0 Å². The van der Waals surface area contributed by atoms with E-state index >= 15 is 0 Å². The normalized spacial score (nSPS) is 37.6. The number of hydrogen-bond acceptors (Lipinski definition) is 0. The largest absolute Gasteiger partial charge is 0.103 e. The van der Waals surface area contributed by atoms with Crippen LogP contribution in [0.15, 0.2) is 24.3 Å². The fourth-order valence-electron chi connectivity index (χ4n) is 6.91. The van der Waals surface area contributed by atoms with Gasteiger partial charge in [-0.15, -0.1) is 6.58 Å². The van der Waals surface area contributed by atoms with Gasteiger partial charge in [-0.2, -0.15) is 0 Å². The van der Waals surface area contributed by atoms with E-state index in [9.17, 15) is 0 Å². The van der Waals surface area contributed by atoms with Crippen molar-refractivity contribution in [1.29, 1.82) is 0 Å². The maximum absolute atomic E-state index is 3.90. The van der Waals surface area contributed by atoms with Crippen molar-refractivity contribution in [3.05, 3.63) is 24.3 Å². The van der Waals surface area contributed by atoms with Crippen LogP contribution in [0, 0.1) is 35.5 Å². The highest BCUT2D eigenvalue weighted by Crippen LogP contribution is 2.43. The van der Waals surface area contributed by atoms with Gasteiger partial charge in [-0.3, -0.25) is 0 Å². The Kier molecular flexibility index (Phi) is 9.19. The molecule has 3 rings (SSSR count). The van der Waals surface area contributed by atoms with Gasteiger partial charge < -0.3 is 0 Å². The lowest BCUT2D eigenvalue weighted by molar-refractivity contribution is 0.152. The van der Waals surface area contributed by atoms with Gasteiger partial charge in [-0.05, 0) is 119 Å². The molecular formula is C28H48. The van der Waals surface area contributed by atoms with Gasteiger partial charge in [0.25, 0.3) is 0 Å². The molecule has 0 radical (unpaired) electrons. The van der Waals surface area contributed by atoms with Gasteiger partial charge in [0.2, 0.25) is 0 Å². The molecule has 0 aromatic carbocycles. The second-order valence-electron chi connectivity index (χ2n) is 10.7. The van der Waals surface area contributed by atoms with Crippen molar-refractivity contribution in [2.45, 2.75) is 117 Å². The molecule has 3 aliphatic carbocycles. The molecule has 0 aromatic rings. The van der Waals surface area contributed by atoms with Gasteiger partial charge in [0.05, 0.1) is 0 Å². The summed E-state index contributed by atoms with van der Waals surface area (Å²) >= 11 is 0. The van der Waals surface area contributed by atoms with Crippen molar-refractivity contribution in [1.82, 2.24) is 0 Å². The predicted octanol–water partition coefficient (Wildman–Crippen LogP) is 9.12. The molecule has 0 nitrogen and oxygen atoms in total. The maximum Gasteiger partial charge on any atom is -0.0206 e. The van der Waals surface area contributed by atoms with Crippen LogP contribution in [-0.4, -0.2) is 0 Å². The number of rotatable bonds is 8. The summed E-state index contributed by atoms with van der Waals surface area (Å²) in [6.45, 7) is 8.71. The lowest BCUT2D eigenvalue weighted by Crippen LogP contribution is -2.25. The molecule has 0 atom stereocenters. The fraction of sp³-hybridized carbons (Fsp3) is 0.857. The first kappa shape index (κ1) is 22.2. The Labute approximate surface area is 176 Å². The molecular weight excluding hydrogens is 336 g/mol. The van der Waals surface area contributed by atoms with E-state index < -0.39 is 0 Å². The van der Waals surface area contributed by atoms with Gasteiger partial charge in [-0.1, -0.05) is 50.3 Å². The number of allylic oxidation sites excluding steroid dienone is 3. The molecule has 0 amide bonds. The molecule has 0 aromatic heterocycles. The zero-order valence-corrected chi connectivity index (χ0v) is 19.1. The molecule has 3 saturated carbocycles. The Morgan fingerprint density at radius 1 is 0.750 bits per heavy atom. The van der Waals surface area contributed by atoms with Gasteiger partial charge in [0.1, 0.15) is 0 Å². The molecule has 0 heteroatoms.